The number of carboxylic acid groups (broad SMARTS) is 1. The van der Waals surface area contributed by atoms with Gasteiger partial charge in [0.2, 0.25) is 5.91 Å². The van der Waals surface area contributed by atoms with Gasteiger partial charge in [0.25, 0.3) is 0 Å². The summed E-state index contributed by atoms with van der Waals surface area (Å²) in [6.07, 6.45) is 0.579. The summed E-state index contributed by atoms with van der Waals surface area (Å²) in [7, 11) is -1.53. The molecular formula is C15H19NO6S. The molecule has 0 atom stereocenters. The average Bonchev–Trinajstić information content (AvgIpc) is 2.47. The number of ether oxygens (including phenoxy) is 1. The zero-order valence-corrected chi connectivity index (χ0v) is 13.6. The van der Waals surface area contributed by atoms with Crippen LogP contribution in [0, 0.1) is 5.92 Å². The summed E-state index contributed by atoms with van der Waals surface area (Å²) in [5, 5.41) is 11.8. The van der Waals surface area contributed by atoms with E-state index in [1.54, 1.807) is 6.07 Å². The summed E-state index contributed by atoms with van der Waals surface area (Å²) in [5.74, 6) is -1.74. The van der Waals surface area contributed by atoms with Gasteiger partial charge in [0.05, 0.1) is 23.7 Å². The first-order valence-electron chi connectivity index (χ1n) is 7.18. The van der Waals surface area contributed by atoms with Gasteiger partial charge in [-0.3, -0.25) is 4.79 Å². The van der Waals surface area contributed by atoms with Crippen LogP contribution in [0.3, 0.4) is 0 Å². The van der Waals surface area contributed by atoms with Crippen LogP contribution in [0.5, 0.6) is 0 Å². The minimum absolute atomic E-state index is 0.00910. The molecule has 2 rings (SSSR count). The van der Waals surface area contributed by atoms with Crippen LogP contribution in [0.25, 0.3) is 0 Å². The van der Waals surface area contributed by atoms with Crippen LogP contribution in [0.2, 0.25) is 0 Å². The lowest BCUT2D eigenvalue weighted by Crippen LogP contribution is -2.31. The number of benzene rings is 1. The van der Waals surface area contributed by atoms with Gasteiger partial charge >= 0.3 is 5.97 Å². The van der Waals surface area contributed by atoms with E-state index in [9.17, 15) is 18.0 Å². The maximum absolute atomic E-state index is 12.2. The van der Waals surface area contributed by atoms with Gasteiger partial charge in [0.1, 0.15) is 9.84 Å². The number of sulfone groups is 1. The summed E-state index contributed by atoms with van der Waals surface area (Å²) in [6.45, 7) is 0.228. The fourth-order valence-electron chi connectivity index (χ4n) is 2.53. The van der Waals surface area contributed by atoms with Gasteiger partial charge < -0.3 is 15.2 Å². The summed E-state index contributed by atoms with van der Waals surface area (Å²) in [5.41, 5.74) is 1.06. The van der Waals surface area contributed by atoms with Crippen LogP contribution in [0.4, 0.5) is 5.69 Å². The van der Waals surface area contributed by atoms with Crippen molar-refractivity contribution in [2.45, 2.75) is 19.4 Å². The minimum Gasteiger partial charge on any atom is -0.478 e. The smallest absolute Gasteiger partial charge is 0.335 e. The minimum atomic E-state index is -3.03. The Morgan fingerprint density at radius 3 is 2.48 bits per heavy atom. The first-order chi connectivity index (χ1) is 10.8. The number of amides is 1. The van der Waals surface area contributed by atoms with Crippen molar-refractivity contribution in [1.82, 2.24) is 0 Å². The van der Waals surface area contributed by atoms with Crippen LogP contribution in [-0.4, -0.2) is 44.0 Å². The van der Waals surface area contributed by atoms with Crippen molar-refractivity contribution >= 4 is 27.4 Å². The van der Waals surface area contributed by atoms with Crippen molar-refractivity contribution in [3.05, 3.63) is 29.3 Å². The highest BCUT2D eigenvalue weighted by molar-refractivity contribution is 7.91. The molecule has 126 valence electrons. The Morgan fingerprint density at radius 1 is 1.26 bits per heavy atom. The Labute approximate surface area is 134 Å². The number of hydrogen-bond acceptors (Lipinski definition) is 5. The number of aromatic carboxylic acids is 1. The Morgan fingerprint density at radius 2 is 1.91 bits per heavy atom. The molecule has 1 aliphatic rings. The van der Waals surface area contributed by atoms with Crippen LogP contribution in [-0.2, 0) is 26.0 Å². The van der Waals surface area contributed by atoms with Gasteiger partial charge in [-0.1, -0.05) is 0 Å². The SMILES string of the molecule is COCc1cc(NC(=O)C2CCS(=O)(=O)CC2)cc(C(=O)O)c1. The van der Waals surface area contributed by atoms with Crippen molar-refractivity contribution in [3.8, 4) is 0 Å². The van der Waals surface area contributed by atoms with Crippen molar-refractivity contribution in [1.29, 1.82) is 0 Å². The van der Waals surface area contributed by atoms with Crippen molar-refractivity contribution in [2.75, 3.05) is 23.9 Å². The first kappa shape index (κ1) is 17.4. The number of carbonyl (C=O) groups is 2. The number of hydrogen-bond donors (Lipinski definition) is 2. The highest BCUT2D eigenvalue weighted by Gasteiger charge is 2.28. The molecule has 7 nitrogen and oxygen atoms in total. The molecule has 0 spiro atoms. The monoisotopic (exact) mass is 341 g/mol. The van der Waals surface area contributed by atoms with E-state index in [1.165, 1.54) is 19.2 Å². The van der Waals surface area contributed by atoms with Crippen molar-refractivity contribution in [3.63, 3.8) is 0 Å². The Kier molecular flexibility index (Phi) is 5.38. The van der Waals surface area contributed by atoms with E-state index in [-0.39, 0.29) is 48.3 Å². The standard InChI is InChI=1S/C15H19NO6S/c1-22-9-10-6-12(15(18)19)8-13(7-10)16-14(17)11-2-4-23(20,21)5-3-11/h6-8,11H,2-5,9H2,1H3,(H,16,17)(H,18,19). The number of methoxy groups -OCH3 is 1. The number of rotatable bonds is 5. The van der Waals surface area contributed by atoms with Crippen molar-refractivity contribution in [2.24, 2.45) is 5.92 Å². The maximum atomic E-state index is 12.2. The molecule has 1 amide bonds. The molecule has 1 aliphatic heterocycles. The lowest BCUT2D eigenvalue weighted by molar-refractivity contribution is -0.120. The molecule has 8 heteroatoms. The molecule has 0 aromatic heterocycles. The molecule has 0 aliphatic carbocycles. The summed E-state index contributed by atoms with van der Waals surface area (Å²) in [6, 6.07) is 4.50. The summed E-state index contributed by atoms with van der Waals surface area (Å²) < 4.78 is 27.8. The largest absolute Gasteiger partial charge is 0.478 e. The van der Waals surface area contributed by atoms with Gasteiger partial charge in [-0.2, -0.15) is 0 Å². The topological polar surface area (TPSA) is 110 Å². The van der Waals surface area contributed by atoms with E-state index >= 15 is 0 Å². The fraction of sp³-hybridized carbons (Fsp3) is 0.467. The molecule has 0 radical (unpaired) electrons. The van der Waals surface area contributed by atoms with E-state index in [2.05, 4.69) is 5.32 Å². The summed E-state index contributed by atoms with van der Waals surface area (Å²) in [4.78, 5) is 23.4. The molecule has 0 bridgehead atoms. The number of carbonyl (C=O) groups excluding carboxylic acids is 1. The van der Waals surface area contributed by atoms with E-state index in [4.69, 9.17) is 9.84 Å². The number of nitrogens with one attached hydrogen (secondary N) is 1. The molecule has 1 heterocycles. The lowest BCUT2D eigenvalue weighted by Gasteiger charge is -2.21. The third kappa shape index (κ3) is 4.77. The van der Waals surface area contributed by atoms with Gasteiger partial charge in [0, 0.05) is 18.7 Å². The van der Waals surface area contributed by atoms with Crippen LogP contribution >= 0.6 is 0 Å². The second kappa shape index (κ2) is 7.10. The fourth-order valence-corrected chi connectivity index (χ4v) is 4.03. The Hall–Kier alpha value is -1.93. The highest BCUT2D eigenvalue weighted by atomic mass is 32.2. The molecular weight excluding hydrogens is 322 g/mol. The molecule has 2 N–H and O–H groups in total. The second-order valence-electron chi connectivity index (χ2n) is 5.57. The molecule has 1 aromatic carbocycles. The zero-order chi connectivity index (χ0) is 17.0. The van der Waals surface area contributed by atoms with E-state index < -0.39 is 15.8 Å². The average molecular weight is 341 g/mol. The highest BCUT2D eigenvalue weighted by Crippen LogP contribution is 2.22. The van der Waals surface area contributed by atoms with E-state index in [1.807, 2.05) is 0 Å². The Bertz CT molecular complexity index is 699. The lowest BCUT2D eigenvalue weighted by atomic mass is 10.0. The van der Waals surface area contributed by atoms with Crippen LogP contribution in [0.1, 0.15) is 28.8 Å². The summed E-state index contributed by atoms with van der Waals surface area (Å²) >= 11 is 0. The predicted molar refractivity (Wildman–Crippen MR) is 84.1 cm³/mol. The van der Waals surface area contributed by atoms with E-state index in [0.29, 0.717) is 11.3 Å². The second-order valence-corrected chi connectivity index (χ2v) is 7.88. The van der Waals surface area contributed by atoms with Crippen LogP contribution < -0.4 is 5.32 Å². The molecule has 1 saturated heterocycles. The van der Waals surface area contributed by atoms with Crippen LogP contribution in [0.15, 0.2) is 18.2 Å². The van der Waals surface area contributed by atoms with E-state index in [0.717, 1.165) is 0 Å². The first-order valence-corrected chi connectivity index (χ1v) is 9.00. The van der Waals surface area contributed by atoms with Gasteiger partial charge in [0.15, 0.2) is 0 Å². The third-order valence-electron chi connectivity index (χ3n) is 3.74. The molecule has 1 aromatic rings. The zero-order valence-electron chi connectivity index (χ0n) is 12.7. The maximum Gasteiger partial charge on any atom is 0.335 e. The predicted octanol–water partition coefficient (Wildman–Crippen LogP) is 1.29. The molecule has 23 heavy (non-hydrogen) atoms. The quantitative estimate of drug-likeness (QED) is 0.835. The third-order valence-corrected chi connectivity index (χ3v) is 5.46. The molecule has 0 saturated carbocycles. The van der Waals surface area contributed by atoms with Gasteiger partial charge in [-0.15, -0.1) is 0 Å². The molecule has 1 fully saturated rings. The van der Waals surface area contributed by atoms with Crippen molar-refractivity contribution < 1.29 is 27.9 Å². The number of carboxylic acids is 1. The molecule has 0 unspecified atom stereocenters. The normalized spacial score (nSPS) is 17.6. The van der Waals surface area contributed by atoms with Gasteiger partial charge in [-0.25, -0.2) is 13.2 Å². The Balaban J connectivity index is 2.12. The number of anilines is 1. The van der Waals surface area contributed by atoms with Gasteiger partial charge in [-0.05, 0) is 36.6 Å².